The van der Waals surface area contributed by atoms with E-state index in [2.05, 4.69) is 10.3 Å². The van der Waals surface area contributed by atoms with E-state index in [0.29, 0.717) is 25.3 Å². The maximum Gasteiger partial charge on any atom is 0.316 e. The van der Waals surface area contributed by atoms with Gasteiger partial charge in [0.1, 0.15) is 0 Å². The molecule has 1 aliphatic rings. The second-order valence-corrected chi connectivity index (χ2v) is 2.88. The van der Waals surface area contributed by atoms with Gasteiger partial charge in [-0.25, -0.2) is 0 Å². The lowest BCUT2D eigenvalue weighted by atomic mass is 10.3. The zero-order valence-corrected chi connectivity index (χ0v) is 6.83. The lowest BCUT2D eigenvalue weighted by molar-refractivity contribution is 0.400. The molecule has 3 N–H and O–H groups in total. The first-order chi connectivity index (χ1) is 6.20. The van der Waals surface area contributed by atoms with Crippen molar-refractivity contribution >= 4 is 0 Å². The Morgan fingerprint density at radius 2 is 2.15 bits per heavy atom. The molecule has 0 radical (unpaired) electrons. The molecule has 1 aromatic heterocycles. The number of aromatic nitrogens is 2. The third-order valence-electron chi connectivity index (χ3n) is 2.08. The van der Waals surface area contributed by atoms with Gasteiger partial charge in [0.15, 0.2) is 0 Å². The predicted molar refractivity (Wildman–Crippen MR) is 44.7 cm³/mol. The second-order valence-electron chi connectivity index (χ2n) is 2.88. The van der Waals surface area contributed by atoms with Crippen LogP contribution >= 0.6 is 0 Å². The van der Waals surface area contributed by atoms with Gasteiger partial charge in [-0.1, -0.05) is 0 Å². The van der Waals surface area contributed by atoms with Crippen LogP contribution in [0.25, 0.3) is 0 Å². The van der Waals surface area contributed by atoms with Crippen LogP contribution in [0.3, 0.4) is 0 Å². The minimum absolute atomic E-state index is 0.225. The van der Waals surface area contributed by atoms with Crippen LogP contribution in [-0.2, 0) is 13.1 Å². The third kappa shape index (κ3) is 1.15. The molecule has 0 aromatic carbocycles. The van der Waals surface area contributed by atoms with E-state index in [1.807, 2.05) is 0 Å². The van der Waals surface area contributed by atoms with E-state index in [-0.39, 0.29) is 5.88 Å². The Morgan fingerprint density at radius 3 is 2.92 bits per heavy atom. The summed E-state index contributed by atoms with van der Waals surface area (Å²) in [6.07, 6.45) is 0. The predicted octanol–water partition coefficient (Wildman–Crippen LogP) is -1.65. The van der Waals surface area contributed by atoms with Crippen molar-refractivity contribution in [3.63, 3.8) is 0 Å². The fourth-order valence-electron chi connectivity index (χ4n) is 1.42. The van der Waals surface area contributed by atoms with Gasteiger partial charge in [0.25, 0.3) is 0 Å². The Bertz CT molecular complexity index is 445. The van der Waals surface area contributed by atoms with E-state index in [1.54, 1.807) is 0 Å². The van der Waals surface area contributed by atoms with Crippen LogP contribution < -0.4 is 16.4 Å². The largest absolute Gasteiger partial charge is 0.493 e. The van der Waals surface area contributed by atoms with E-state index in [1.165, 1.54) is 4.57 Å². The van der Waals surface area contributed by atoms with Crippen molar-refractivity contribution in [3.8, 4) is 5.88 Å². The zero-order chi connectivity index (χ0) is 9.42. The van der Waals surface area contributed by atoms with Crippen molar-refractivity contribution in [2.75, 3.05) is 6.54 Å². The summed E-state index contributed by atoms with van der Waals surface area (Å²) in [4.78, 5) is 24.3. The summed E-state index contributed by atoms with van der Waals surface area (Å²) in [6.45, 7) is 1.46. The molecule has 13 heavy (non-hydrogen) atoms. The van der Waals surface area contributed by atoms with Gasteiger partial charge in [0.05, 0.1) is 5.69 Å². The lowest BCUT2D eigenvalue weighted by Crippen LogP contribution is -2.43. The highest BCUT2D eigenvalue weighted by atomic mass is 16.3. The van der Waals surface area contributed by atoms with Gasteiger partial charge in [-0.15, -0.1) is 0 Å². The Morgan fingerprint density at radius 1 is 1.38 bits per heavy atom. The maximum atomic E-state index is 11.2. The van der Waals surface area contributed by atoms with E-state index in [9.17, 15) is 14.7 Å². The molecular formula is C7H9N3O3. The molecule has 1 aromatic rings. The SMILES string of the molecule is O=c1[nH]c(O)c2n(c1=O)CCNC2. The summed E-state index contributed by atoms with van der Waals surface area (Å²) >= 11 is 0. The second kappa shape index (κ2) is 2.74. The van der Waals surface area contributed by atoms with Gasteiger partial charge in [-0.05, 0) is 0 Å². The zero-order valence-electron chi connectivity index (χ0n) is 6.83. The van der Waals surface area contributed by atoms with Crippen LogP contribution in [0.4, 0.5) is 0 Å². The van der Waals surface area contributed by atoms with Crippen molar-refractivity contribution < 1.29 is 5.11 Å². The smallest absolute Gasteiger partial charge is 0.316 e. The van der Waals surface area contributed by atoms with E-state index < -0.39 is 11.1 Å². The summed E-state index contributed by atoms with van der Waals surface area (Å²) in [5, 5.41) is 12.3. The van der Waals surface area contributed by atoms with Gasteiger partial charge in [0.2, 0.25) is 5.88 Å². The number of nitrogens with one attached hydrogen (secondary N) is 2. The maximum absolute atomic E-state index is 11.2. The third-order valence-corrected chi connectivity index (χ3v) is 2.08. The molecule has 0 amide bonds. The Balaban J connectivity index is 2.77. The van der Waals surface area contributed by atoms with Crippen LogP contribution in [0.5, 0.6) is 5.88 Å². The van der Waals surface area contributed by atoms with Crippen molar-refractivity contribution in [2.45, 2.75) is 13.1 Å². The standard InChI is InChI=1S/C7H9N3O3/c11-5-4-3-8-1-2-10(4)7(13)6(12)9-5/h8,11H,1-3H2,(H,9,12). The number of fused-ring (bicyclic) bond motifs is 1. The minimum Gasteiger partial charge on any atom is -0.493 e. The highest BCUT2D eigenvalue weighted by Crippen LogP contribution is 2.10. The molecule has 70 valence electrons. The van der Waals surface area contributed by atoms with Crippen LogP contribution in [-0.4, -0.2) is 21.2 Å². The number of H-pyrrole nitrogens is 1. The average molecular weight is 183 g/mol. The Labute approximate surface area is 72.8 Å². The van der Waals surface area contributed by atoms with Crippen LogP contribution in [0.15, 0.2) is 9.59 Å². The number of rotatable bonds is 0. The normalized spacial score (nSPS) is 15.4. The molecule has 0 saturated heterocycles. The fraction of sp³-hybridized carbons (Fsp3) is 0.429. The fourth-order valence-corrected chi connectivity index (χ4v) is 1.42. The van der Waals surface area contributed by atoms with E-state index in [0.717, 1.165) is 0 Å². The Hall–Kier alpha value is -1.56. The molecule has 2 rings (SSSR count). The molecule has 6 nitrogen and oxygen atoms in total. The number of aromatic amines is 1. The molecule has 0 fully saturated rings. The quantitative estimate of drug-likeness (QED) is 0.420. The van der Waals surface area contributed by atoms with Crippen molar-refractivity contribution in [2.24, 2.45) is 0 Å². The molecule has 0 bridgehead atoms. The molecule has 0 saturated carbocycles. The molecule has 2 heterocycles. The molecule has 0 spiro atoms. The first-order valence-corrected chi connectivity index (χ1v) is 3.96. The summed E-state index contributed by atoms with van der Waals surface area (Å²) in [6, 6.07) is 0. The number of hydrogen-bond donors (Lipinski definition) is 3. The number of nitrogens with zero attached hydrogens (tertiary/aromatic N) is 1. The molecular weight excluding hydrogens is 174 g/mol. The molecule has 6 heteroatoms. The van der Waals surface area contributed by atoms with Gasteiger partial charge in [0, 0.05) is 19.6 Å². The van der Waals surface area contributed by atoms with E-state index >= 15 is 0 Å². The van der Waals surface area contributed by atoms with Gasteiger partial charge >= 0.3 is 11.1 Å². The number of hydrogen-bond acceptors (Lipinski definition) is 4. The van der Waals surface area contributed by atoms with Gasteiger partial charge < -0.3 is 15.0 Å². The minimum atomic E-state index is -0.775. The summed E-state index contributed by atoms with van der Waals surface area (Å²) < 4.78 is 1.30. The molecule has 0 aliphatic carbocycles. The van der Waals surface area contributed by atoms with Crippen LogP contribution in [0, 0.1) is 0 Å². The van der Waals surface area contributed by atoms with Crippen molar-refractivity contribution in [1.82, 2.24) is 14.9 Å². The first-order valence-electron chi connectivity index (χ1n) is 3.96. The number of aromatic hydroxyl groups is 1. The highest BCUT2D eigenvalue weighted by molar-refractivity contribution is 5.18. The molecule has 0 unspecified atom stereocenters. The van der Waals surface area contributed by atoms with Gasteiger partial charge in [-0.2, -0.15) is 0 Å². The van der Waals surface area contributed by atoms with Crippen LogP contribution in [0.2, 0.25) is 0 Å². The van der Waals surface area contributed by atoms with Gasteiger partial charge in [-0.3, -0.25) is 14.6 Å². The topological polar surface area (TPSA) is 87.1 Å². The Kier molecular flexibility index (Phi) is 1.70. The average Bonchev–Trinajstić information content (AvgIpc) is 2.15. The molecule has 1 aliphatic heterocycles. The van der Waals surface area contributed by atoms with Crippen molar-refractivity contribution in [1.29, 1.82) is 0 Å². The summed E-state index contributed by atoms with van der Waals surface area (Å²) in [5.74, 6) is -0.225. The molecule has 0 atom stereocenters. The summed E-state index contributed by atoms with van der Waals surface area (Å²) in [5.41, 5.74) is -0.937. The lowest BCUT2D eigenvalue weighted by Gasteiger charge is -2.18. The van der Waals surface area contributed by atoms with Crippen molar-refractivity contribution in [3.05, 3.63) is 26.4 Å². The van der Waals surface area contributed by atoms with E-state index in [4.69, 9.17) is 0 Å². The monoisotopic (exact) mass is 183 g/mol. The first kappa shape index (κ1) is 8.06. The highest BCUT2D eigenvalue weighted by Gasteiger charge is 2.15. The summed E-state index contributed by atoms with van der Waals surface area (Å²) in [7, 11) is 0. The van der Waals surface area contributed by atoms with Crippen LogP contribution in [0.1, 0.15) is 5.69 Å².